The highest BCUT2D eigenvalue weighted by Gasteiger charge is 2.40. The lowest BCUT2D eigenvalue weighted by atomic mass is 9.90. The first-order valence-electron chi connectivity index (χ1n) is 12.3. The maximum absolute atomic E-state index is 12.6. The summed E-state index contributed by atoms with van der Waals surface area (Å²) in [5, 5.41) is 7.31. The fraction of sp³-hybridized carbons (Fsp3) is 0.321. The zero-order valence-corrected chi connectivity index (χ0v) is 21.3. The van der Waals surface area contributed by atoms with Crippen molar-refractivity contribution >= 4 is 35.5 Å². The molecule has 1 fully saturated rings. The van der Waals surface area contributed by atoms with Gasteiger partial charge in [-0.25, -0.2) is 0 Å². The number of carbonyl (C=O) groups excluding carboxylic acids is 5. The second-order valence-corrected chi connectivity index (χ2v) is 9.00. The summed E-state index contributed by atoms with van der Waals surface area (Å²) >= 11 is 0. The van der Waals surface area contributed by atoms with Crippen molar-refractivity contribution < 1.29 is 33.4 Å². The van der Waals surface area contributed by atoms with E-state index in [1.165, 1.54) is 6.08 Å². The lowest BCUT2D eigenvalue weighted by molar-refractivity contribution is -0.136. The van der Waals surface area contributed by atoms with Crippen LogP contribution in [0.4, 0.5) is 0 Å². The molecule has 2 aromatic rings. The number of carbonyl (C=O) groups is 5. The summed E-state index contributed by atoms with van der Waals surface area (Å²) in [4.78, 5) is 60.0. The molecule has 38 heavy (non-hydrogen) atoms. The van der Waals surface area contributed by atoms with Crippen molar-refractivity contribution in [1.82, 2.24) is 16.0 Å². The van der Waals surface area contributed by atoms with Gasteiger partial charge in [-0.15, -0.1) is 0 Å². The molecule has 10 heteroatoms. The number of imide groups is 1. The quantitative estimate of drug-likeness (QED) is 0.260. The van der Waals surface area contributed by atoms with Gasteiger partial charge >= 0.3 is 0 Å². The Morgan fingerprint density at radius 3 is 2.29 bits per heavy atom. The summed E-state index contributed by atoms with van der Waals surface area (Å²) in [7, 11) is 0. The lowest BCUT2D eigenvalue weighted by Gasteiger charge is -2.23. The van der Waals surface area contributed by atoms with Gasteiger partial charge in [-0.1, -0.05) is 56.3 Å². The van der Waals surface area contributed by atoms with Crippen molar-refractivity contribution in [2.45, 2.75) is 32.7 Å². The van der Waals surface area contributed by atoms with Crippen LogP contribution in [0.5, 0.6) is 11.5 Å². The van der Waals surface area contributed by atoms with E-state index < -0.39 is 35.5 Å². The minimum Gasteiger partial charge on any atom is -0.454 e. The van der Waals surface area contributed by atoms with Gasteiger partial charge in [-0.3, -0.25) is 29.3 Å². The first kappa shape index (κ1) is 28.1. The van der Waals surface area contributed by atoms with Crippen LogP contribution in [-0.2, 0) is 24.0 Å². The van der Waals surface area contributed by atoms with E-state index in [-0.39, 0.29) is 38.0 Å². The molecule has 4 rings (SSSR count). The average molecular weight is 522 g/mol. The molecule has 2 heterocycles. The predicted octanol–water partition coefficient (Wildman–Crippen LogP) is 1.99. The second-order valence-electron chi connectivity index (χ2n) is 9.00. The average Bonchev–Trinajstić information content (AvgIpc) is 3.51. The third-order valence-corrected chi connectivity index (χ3v) is 5.74. The number of nitrogens with one attached hydrogen (secondary N) is 3. The van der Waals surface area contributed by atoms with E-state index in [0.717, 1.165) is 5.56 Å². The fourth-order valence-corrected chi connectivity index (χ4v) is 3.74. The molecule has 200 valence electrons. The van der Waals surface area contributed by atoms with Crippen LogP contribution in [0.2, 0.25) is 0 Å². The van der Waals surface area contributed by atoms with Gasteiger partial charge in [0, 0.05) is 25.5 Å². The summed E-state index contributed by atoms with van der Waals surface area (Å²) in [6, 6.07) is 16.4. The van der Waals surface area contributed by atoms with E-state index >= 15 is 0 Å². The molecule has 0 aromatic heterocycles. The van der Waals surface area contributed by atoms with E-state index in [4.69, 9.17) is 9.47 Å². The Kier molecular flexibility index (Phi) is 10.2. The highest BCUT2D eigenvalue weighted by molar-refractivity contribution is 6.15. The van der Waals surface area contributed by atoms with Gasteiger partial charge < -0.3 is 20.1 Å². The molecule has 2 aliphatic rings. The molecule has 2 aromatic carbocycles. The van der Waals surface area contributed by atoms with E-state index in [9.17, 15) is 24.0 Å². The molecule has 3 N–H and O–H groups in total. The van der Waals surface area contributed by atoms with Gasteiger partial charge in [0.15, 0.2) is 17.3 Å². The molecule has 0 spiro atoms. The molecule has 2 atom stereocenters. The molecule has 2 aliphatic heterocycles. The number of rotatable bonds is 9. The fourth-order valence-electron chi connectivity index (χ4n) is 3.74. The van der Waals surface area contributed by atoms with Gasteiger partial charge in [0.2, 0.25) is 30.4 Å². The van der Waals surface area contributed by atoms with Gasteiger partial charge in [0.05, 0.1) is 6.04 Å². The number of benzene rings is 2. The third kappa shape index (κ3) is 8.29. The van der Waals surface area contributed by atoms with Gasteiger partial charge in [0.1, 0.15) is 5.92 Å². The molecule has 2 unspecified atom stereocenters. The van der Waals surface area contributed by atoms with Crippen LogP contribution in [-0.4, -0.2) is 48.8 Å². The van der Waals surface area contributed by atoms with Crippen molar-refractivity contribution in [2.24, 2.45) is 11.8 Å². The molecule has 10 nitrogen and oxygen atoms in total. The largest absolute Gasteiger partial charge is 0.454 e. The Labute approximate surface area is 220 Å². The van der Waals surface area contributed by atoms with Crippen molar-refractivity contribution in [3.05, 3.63) is 66.2 Å². The minimum atomic E-state index is -1.09. The number of fused-ring (bicyclic) bond motifs is 1. The number of Topliss-reactive ketones (excluding diaryl/α,β-unsaturated/α-hetero) is 1. The van der Waals surface area contributed by atoms with Crippen LogP contribution in [0.3, 0.4) is 0 Å². The SMILES string of the molecule is CC(C)C(NC(=O)CCNC(=O)/C=C/c1ccc2c(c1)OCO2)C(=O)C1CC(=O)NC1=O.c1ccccc1. The van der Waals surface area contributed by atoms with Crippen molar-refractivity contribution in [1.29, 1.82) is 0 Å². The zero-order valence-electron chi connectivity index (χ0n) is 21.3. The van der Waals surface area contributed by atoms with Crippen LogP contribution in [0.25, 0.3) is 6.08 Å². The third-order valence-electron chi connectivity index (χ3n) is 5.74. The summed E-state index contributed by atoms with van der Waals surface area (Å²) in [6.45, 7) is 3.71. The van der Waals surface area contributed by atoms with Gasteiger partial charge in [-0.05, 0) is 29.7 Å². The first-order chi connectivity index (χ1) is 18.2. The molecule has 0 saturated carbocycles. The first-order valence-corrected chi connectivity index (χ1v) is 12.3. The Morgan fingerprint density at radius 1 is 1.03 bits per heavy atom. The molecule has 1 saturated heterocycles. The van der Waals surface area contributed by atoms with E-state index in [2.05, 4.69) is 16.0 Å². The molecule has 0 bridgehead atoms. The van der Waals surface area contributed by atoms with Crippen LogP contribution in [0.1, 0.15) is 32.3 Å². The Bertz CT molecular complexity index is 1170. The standard InChI is InChI=1S/C22H25N3O7.C6H6/c1-12(2)20(21(29)14-10-19(28)25-22(14)30)24-18(27)7-8-23-17(26)6-4-13-3-5-15-16(9-13)32-11-31-15;1-2-4-6-5-3-1/h3-6,9,12,14,20H,7-8,10-11H2,1-2H3,(H,23,26)(H,24,27)(H,25,28,30);1-6H/b6-4+;. The lowest BCUT2D eigenvalue weighted by Crippen LogP contribution is -2.48. The summed E-state index contributed by atoms with van der Waals surface area (Å²) < 4.78 is 10.5. The molecular formula is C28H31N3O7. The topological polar surface area (TPSA) is 140 Å². The Morgan fingerprint density at radius 2 is 1.68 bits per heavy atom. The monoisotopic (exact) mass is 521 g/mol. The normalized spacial score (nSPS) is 16.4. The summed E-state index contributed by atoms with van der Waals surface area (Å²) in [5.74, 6) is -2.55. The molecular weight excluding hydrogens is 490 g/mol. The number of ketones is 1. The minimum absolute atomic E-state index is 0.0457. The van der Waals surface area contributed by atoms with Crippen molar-refractivity contribution in [3.63, 3.8) is 0 Å². The highest BCUT2D eigenvalue weighted by atomic mass is 16.7. The van der Waals surface area contributed by atoms with E-state index in [1.54, 1.807) is 38.1 Å². The van der Waals surface area contributed by atoms with Crippen LogP contribution >= 0.6 is 0 Å². The smallest absolute Gasteiger partial charge is 0.244 e. The zero-order chi connectivity index (χ0) is 27.5. The van der Waals surface area contributed by atoms with Crippen LogP contribution in [0, 0.1) is 11.8 Å². The summed E-state index contributed by atoms with van der Waals surface area (Å²) in [6.07, 6.45) is 2.70. The summed E-state index contributed by atoms with van der Waals surface area (Å²) in [5.41, 5.74) is 0.759. The van der Waals surface area contributed by atoms with Crippen LogP contribution < -0.4 is 25.4 Å². The van der Waals surface area contributed by atoms with Gasteiger partial charge in [-0.2, -0.15) is 0 Å². The van der Waals surface area contributed by atoms with E-state index in [1.807, 2.05) is 36.4 Å². The maximum Gasteiger partial charge on any atom is 0.244 e. The maximum atomic E-state index is 12.6. The van der Waals surface area contributed by atoms with Crippen LogP contribution in [0.15, 0.2) is 60.7 Å². The second kappa shape index (κ2) is 13.7. The number of ether oxygens (including phenoxy) is 2. The van der Waals surface area contributed by atoms with Crippen molar-refractivity contribution in [3.8, 4) is 11.5 Å². The van der Waals surface area contributed by atoms with Crippen molar-refractivity contribution in [2.75, 3.05) is 13.3 Å². The van der Waals surface area contributed by atoms with E-state index in [0.29, 0.717) is 11.5 Å². The number of hydrogen-bond acceptors (Lipinski definition) is 7. The molecule has 4 amide bonds. The predicted molar refractivity (Wildman–Crippen MR) is 139 cm³/mol. The molecule has 0 radical (unpaired) electrons. The molecule has 0 aliphatic carbocycles. The van der Waals surface area contributed by atoms with Gasteiger partial charge in [0.25, 0.3) is 0 Å². The number of hydrogen-bond donors (Lipinski definition) is 3. The Hall–Kier alpha value is -4.47. The highest BCUT2D eigenvalue weighted by Crippen LogP contribution is 2.32. The Balaban J connectivity index is 0.000000585. The number of amides is 4.